The van der Waals surface area contributed by atoms with Crippen LogP contribution < -0.4 is 4.72 Å². The fourth-order valence-corrected chi connectivity index (χ4v) is 4.35. The van der Waals surface area contributed by atoms with E-state index in [0.29, 0.717) is 31.6 Å². The smallest absolute Gasteiger partial charge is 0.279 e. The molecule has 1 atom stereocenters. The van der Waals surface area contributed by atoms with Crippen LogP contribution in [0.3, 0.4) is 0 Å². The van der Waals surface area contributed by atoms with Gasteiger partial charge in [-0.2, -0.15) is 12.7 Å². The summed E-state index contributed by atoms with van der Waals surface area (Å²) in [6.07, 6.45) is 5.72. The van der Waals surface area contributed by atoms with E-state index in [2.05, 4.69) is 23.5 Å². The van der Waals surface area contributed by atoms with Gasteiger partial charge in [-0.25, -0.2) is 4.72 Å². The molecule has 5 nitrogen and oxygen atoms in total. The van der Waals surface area contributed by atoms with Gasteiger partial charge in [-0.3, -0.25) is 4.90 Å². The number of rotatable bonds is 5. The predicted octanol–water partition coefficient (Wildman–Crippen LogP) is 1.43. The normalized spacial score (nSPS) is 27.8. The van der Waals surface area contributed by atoms with E-state index in [0.717, 1.165) is 25.9 Å². The first kappa shape index (κ1) is 16.2. The average molecular weight is 303 g/mol. The molecule has 1 N–H and O–H groups in total. The van der Waals surface area contributed by atoms with E-state index < -0.39 is 10.2 Å². The van der Waals surface area contributed by atoms with E-state index in [9.17, 15) is 8.42 Å². The lowest BCUT2D eigenvalue weighted by molar-refractivity contribution is 0.163. The maximum absolute atomic E-state index is 12.2. The molecule has 0 aliphatic carbocycles. The zero-order chi connectivity index (χ0) is 14.6. The molecule has 0 bridgehead atoms. The van der Waals surface area contributed by atoms with Crippen molar-refractivity contribution in [3.05, 3.63) is 0 Å². The zero-order valence-electron chi connectivity index (χ0n) is 12.8. The Morgan fingerprint density at radius 3 is 2.40 bits per heavy atom. The summed E-state index contributed by atoms with van der Waals surface area (Å²) >= 11 is 0. The van der Waals surface area contributed by atoms with Gasteiger partial charge in [0.25, 0.3) is 10.2 Å². The summed E-state index contributed by atoms with van der Waals surface area (Å²) in [5.41, 5.74) is 0. The van der Waals surface area contributed by atoms with E-state index in [-0.39, 0.29) is 0 Å². The summed E-state index contributed by atoms with van der Waals surface area (Å²) in [6.45, 7) is 8.20. The fourth-order valence-electron chi connectivity index (χ4n) is 3.12. The minimum Gasteiger partial charge on any atom is -0.299 e. The van der Waals surface area contributed by atoms with Crippen molar-refractivity contribution in [2.45, 2.75) is 52.0 Å². The lowest BCUT2D eigenvalue weighted by Crippen LogP contribution is -2.48. The summed E-state index contributed by atoms with van der Waals surface area (Å²) in [6, 6.07) is 0.587. The molecular formula is C14H29N3O2S. The van der Waals surface area contributed by atoms with Crippen molar-refractivity contribution >= 4 is 10.2 Å². The lowest BCUT2D eigenvalue weighted by atomic mass is 10.0. The molecule has 20 heavy (non-hydrogen) atoms. The van der Waals surface area contributed by atoms with Gasteiger partial charge in [0, 0.05) is 32.2 Å². The second-order valence-corrected chi connectivity index (χ2v) is 8.12. The third kappa shape index (κ3) is 4.41. The van der Waals surface area contributed by atoms with Crippen molar-refractivity contribution in [1.82, 2.24) is 13.9 Å². The highest BCUT2D eigenvalue weighted by Crippen LogP contribution is 2.18. The number of nitrogens with zero attached hydrogens (tertiary/aromatic N) is 2. The molecule has 2 aliphatic heterocycles. The molecule has 6 heteroatoms. The van der Waals surface area contributed by atoms with Gasteiger partial charge in [0.2, 0.25) is 0 Å². The third-order valence-corrected chi connectivity index (χ3v) is 6.32. The van der Waals surface area contributed by atoms with Crippen molar-refractivity contribution in [3.8, 4) is 0 Å². The fraction of sp³-hybridized carbons (Fsp3) is 1.00. The van der Waals surface area contributed by atoms with E-state index >= 15 is 0 Å². The molecule has 2 fully saturated rings. The van der Waals surface area contributed by atoms with Gasteiger partial charge in [0.05, 0.1) is 0 Å². The molecule has 2 rings (SSSR count). The Balaban J connectivity index is 1.74. The highest BCUT2D eigenvalue weighted by Gasteiger charge is 2.26. The number of hydrogen-bond acceptors (Lipinski definition) is 3. The first-order chi connectivity index (χ1) is 9.49. The second-order valence-electron chi connectivity index (χ2n) is 6.36. The molecule has 0 amide bonds. The van der Waals surface area contributed by atoms with Crippen molar-refractivity contribution in [2.75, 3.05) is 32.7 Å². The molecule has 0 radical (unpaired) electrons. The van der Waals surface area contributed by atoms with Crippen LogP contribution in [0, 0.1) is 5.92 Å². The lowest BCUT2D eigenvalue weighted by Gasteiger charge is -2.34. The van der Waals surface area contributed by atoms with Crippen LogP contribution in [0.25, 0.3) is 0 Å². The van der Waals surface area contributed by atoms with Crippen molar-refractivity contribution in [3.63, 3.8) is 0 Å². The molecule has 0 aromatic heterocycles. The van der Waals surface area contributed by atoms with Gasteiger partial charge >= 0.3 is 0 Å². The first-order valence-electron chi connectivity index (χ1n) is 7.98. The van der Waals surface area contributed by atoms with Crippen LogP contribution in [-0.2, 0) is 10.2 Å². The first-order valence-corrected chi connectivity index (χ1v) is 9.42. The molecule has 2 saturated heterocycles. The summed E-state index contributed by atoms with van der Waals surface area (Å²) in [7, 11) is -3.27. The number of likely N-dealkylation sites (tertiary alicyclic amines) is 1. The average Bonchev–Trinajstić information content (AvgIpc) is 2.41. The zero-order valence-corrected chi connectivity index (χ0v) is 13.7. The van der Waals surface area contributed by atoms with Crippen LogP contribution >= 0.6 is 0 Å². The maximum Gasteiger partial charge on any atom is 0.279 e. The molecule has 2 heterocycles. The maximum atomic E-state index is 12.2. The summed E-state index contributed by atoms with van der Waals surface area (Å²) in [5.74, 6) is 0.649. The van der Waals surface area contributed by atoms with Gasteiger partial charge in [-0.15, -0.1) is 0 Å². The van der Waals surface area contributed by atoms with E-state index in [1.54, 1.807) is 4.31 Å². The molecule has 0 aromatic rings. The summed E-state index contributed by atoms with van der Waals surface area (Å²) < 4.78 is 28.8. The van der Waals surface area contributed by atoms with Crippen molar-refractivity contribution in [2.24, 2.45) is 5.92 Å². The molecule has 2 aliphatic rings. The van der Waals surface area contributed by atoms with E-state index in [1.807, 2.05) is 0 Å². The third-order valence-electron chi connectivity index (χ3n) is 4.71. The van der Waals surface area contributed by atoms with Crippen LogP contribution in [0.2, 0.25) is 0 Å². The van der Waals surface area contributed by atoms with Gasteiger partial charge in [-0.05, 0) is 45.1 Å². The number of piperidine rings is 2. The molecule has 0 spiro atoms. The monoisotopic (exact) mass is 303 g/mol. The Labute approximate surface area is 123 Å². The summed E-state index contributed by atoms with van der Waals surface area (Å²) in [5, 5.41) is 0. The molecular weight excluding hydrogens is 274 g/mol. The number of nitrogens with one attached hydrogen (secondary N) is 1. The van der Waals surface area contributed by atoms with E-state index in [4.69, 9.17) is 0 Å². The molecule has 0 saturated carbocycles. The van der Waals surface area contributed by atoms with Gasteiger partial charge in [0.15, 0.2) is 0 Å². The van der Waals surface area contributed by atoms with Crippen LogP contribution in [-0.4, -0.2) is 56.4 Å². The van der Waals surface area contributed by atoms with Gasteiger partial charge in [-0.1, -0.05) is 13.3 Å². The standard InChI is InChI=1S/C14H29N3O2S/c1-13-6-10-17(11-7-13)20(18,19)15-8-12-16-9-4-3-5-14(16)2/h13-15H,3-12H2,1-2H3. The Morgan fingerprint density at radius 2 is 1.75 bits per heavy atom. The SMILES string of the molecule is CC1CCN(S(=O)(=O)NCCN2CCCCC2C)CC1. The molecule has 0 aromatic carbocycles. The topological polar surface area (TPSA) is 52.7 Å². The quantitative estimate of drug-likeness (QED) is 0.836. The minimum absolute atomic E-state index is 0.527. The minimum atomic E-state index is -3.27. The largest absolute Gasteiger partial charge is 0.299 e. The Hall–Kier alpha value is -0.170. The van der Waals surface area contributed by atoms with Gasteiger partial charge in [0.1, 0.15) is 0 Å². The highest BCUT2D eigenvalue weighted by molar-refractivity contribution is 7.87. The van der Waals surface area contributed by atoms with Crippen LogP contribution in [0.15, 0.2) is 0 Å². The highest BCUT2D eigenvalue weighted by atomic mass is 32.2. The van der Waals surface area contributed by atoms with Crippen LogP contribution in [0.5, 0.6) is 0 Å². The Bertz CT molecular complexity index is 391. The van der Waals surface area contributed by atoms with Crippen LogP contribution in [0.1, 0.15) is 46.0 Å². The van der Waals surface area contributed by atoms with Crippen LogP contribution in [0.4, 0.5) is 0 Å². The molecule has 118 valence electrons. The Morgan fingerprint density at radius 1 is 1.05 bits per heavy atom. The Kier molecular flexibility index (Phi) is 5.84. The van der Waals surface area contributed by atoms with E-state index in [1.165, 1.54) is 19.3 Å². The predicted molar refractivity (Wildman–Crippen MR) is 81.8 cm³/mol. The van der Waals surface area contributed by atoms with Crippen molar-refractivity contribution < 1.29 is 8.42 Å². The number of hydrogen-bond donors (Lipinski definition) is 1. The summed E-state index contributed by atoms with van der Waals surface area (Å²) in [4.78, 5) is 2.39. The van der Waals surface area contributed by atoms with Gasteiger partial charge < -0.3 is 0 Å². The molecule has 1 unspecified atom stereocenters. The second kappa shape index (κ2) is 7.20. The van der Waals surface area contributed by atoms with Crippen molar-refractivity contribution in [1.29, 1.82) is 0 Å².